The summed E-state index contributed by atoms with van der Waals surface area (Å²) >= 11 is 6.03. The zero-order chi connectivity index (χ0) is 15.9. The lowest BCUT2D eigenvalue weighted by Gasteiger charge is -2.38. The van der Waals surface area contributed by atoms with Gasteiger partial charge in [0.2, 0.25) is 0 Å². The number of pyridine rings is 1. The second-order valence-electron chi connectivity index (χ2n) is 6.75. The molecule has 25 heavy (non-hydrogen) atoms. The van der Waals surface area contributed by atoms with E-state index in [1.54, 1.807) is 0 Å². The number of rotatable bonds is 1. The summed E-state index contributed by atoms with van der Waals surface area (Å²) in [6.07, 6.45) is 3.41. The van der Waals surface area contributed by atoms with Crippen molar-refractivity contribution in [2.45, 2.75) is 19.3 Å². The highest BCUT2D eigenvalue weighted by atomic mass is 35.5. The Morgan fingerprint density at radius 1 is 1.12 bits per heavy atom. The van der Waals surface area contributed by atoms with Gasteiger partial charge in [-0.3, -0.25) is 4.79 Å². The van der Waals surface area contributed by atoms with Gasteiger partial charge in [0.05, 0.1) is 5.52 Å². The predicted molar refractivity (Wildman–Crippen MR) is 106 cm³/mol. The summed E-state index contributed by atoms with van der Waals surface area (Å²) in [6, 6.07) is 9.34. The Bertz CT molecular complexity index is 752. The van der Waals surface area contributed by atoms with Crippen molar-refractivity contribution in [3.63, 3.8) is 0 Å². The van der Waals surface area contributed by atoms with Gasteiger partial charge < -0.3 is 10.2 Å². The van der Waals surface area contributed by atoms with Crippen LogP contribution in [0.25, 0.3) is 10.9 Å². The van der Waals surface area contributed by atoms with E-state index < -0.39 is 0 Å². The number of carbonyl (C=O) groups is 1. The molecule has 0 bridgehead atoms. The standard InChI is InChI=1S/C18H20ClN3O.2ClH/c19-14-3-1-13-2-4-15(21-16(13)11-14)17(23)22-9-6-18(7-10-22)5-8-20-12-18;;/h1-4,11,20H,5-10,12H2;2*1H. The lowest BCUT2D eigenvalue weighted by atomic mass is 9.78. The van der Waals surface area contributed by atoms with E-state index in [0.29, 0.717) is 16.1 Å². The van der Waals surface area contributed by atoms with Gasteiger partial charge in [0, 0.05) is 30.0 Å². The number of halogens is 3. The molecule has 4 nitrogen and oxygen atoms in total. The zero-order valence-electron chi connectivity index (χ0n) is 13.8. The Morgan fingerprint density at radius 2 is 1.84 bits per heavy atom. The quantitative estimate of drug-likeness (QED) is 0.785. The molecule has 2 saturated heterocycles. The first-order valence-electron chi connectivity index (χ1n) is 8.22. The first-order chi connectivity index (χ1) is 11.2. The number of piperidine rings is 1. The average molecular weight is 403 g/mol. The molecule has 2 fully saturated rings. The van der Waals surface area contributed by atoms with Crippen molar-refractivity contribution >= 4 is 53.2 Å². The molecule has 1 aromatic carbocycles. The Labute approximate surface area is 165 Å². The number of carbonyl (C=O) groups excluding carboxylic acids is 1. The molecule has 136 valence electrons. The summed E-state index contributed by atoms with van der Waals surface area (Å²) in [5, 5.41) is 5.10. The fraction of sp³-hybridized carbons (Fsp3) is 0.444. The highest BCUT2D eigenvalue weighted by molar-refractivity contribution is 6.31. The first-order valence-corrected chi connectivity index (χ1v) is 8.59. The molecule has 0 saturated carbocycles. The van der Waals surface area contributed by atoms with Crippen LogP contribution in [0.15, 0.2) is 30.3 Å². The number of nitrogens with one attached hydrogen (secondary N) is 1. The maximum Gasteiger partial charge on any atom is 0.272 e. The van der Waals surface area contributed by atoms with Crippen LogP contribution in [0.2, 0.25) is 5.02 Å². The first kappa shape index (κ1) is 20.2. The van der Waals surface area contributed by atoms with Crippen molar-refractivity contribution in [2.75, 3.05) is 26.2 Å². The molecule has 4 rings (SSSR count). The maximum absolute atomic E-state index is 12.7. The fourth-order valence-electron chi connectivity index (χ4n) is 3.78. The highest BCUT2D eigenvalue weighted by Gasteiger charge is 2.38. The smallest absolute Gasteiger partial charge is 0.272 e. The summed E-state index contributed by atoms with van der Waals surface area (Å²) < 4.78 is 0. The predicted octanol–water partition coefficient (Wildman–Crippen LogP) is 3.95. The largest absolute Gasteiger partial charge is 0.337 e. The molecule has 1 amide bonds. The van der Waals surface area contributed by atoms with Gasteiger partial charge >= 0.3 is 0 Å². The van der Waals surface area contributed by atoms with Crippen molar-refractivity contribution in [1.82, 2.24) is 15.2 Å². The van der Waals surface area contributed by atoms with Crippen LogP contribution in [0.5, 0.6) is 0 Å². The zero-order valence-corrected chi connectivity index (χ0v) is 16.2. The van der Waals surface area contributed by atoms with E-state index in [0.717, 1.165) is 49.9 Å². The molecular weight excluding hydrogens is 381 g/mol. The molecule has 0 radical (unpaired) electrons. The van der Waals surface area contributed by atoms with E-state index in [9.17, 15) is 4.79 Å². The normalized spacial score (nSPS) is 18.7. The van der Waals surface area contributed by atoms with Crippen LogP contribution in [0.4, 0.5) is 0 Å². The number of hydrogen-bond donors (Lipinski definition) is 1. The van der Waals surface area contributed by atoms with Gasteiger partial charge in [0.25, 0.3) is 5.91 Å². The molecule has 2 aliphatic heterocycles. The summed E-state index contributed by atoms with van der Waals surface area (Å²) in [6.45, 7) is 3.87. The van der Waals surface area contributed by atoms with Crippen LogP contribution in [-0.4, -0.2) is 42.0 Å². The van der Waals surface area contributed by atoms with Crippen molar-refractivity contribution < 1.29 is 4.79 Å². The number of benzene rings is 1. The van der Waals surface area contributed by atoms with Crippen LogP contribution in [0, 0.1) is 5.41 Å². The third-order valence-electron chi connectivity index (χ3n) is 5.32. The maximum atomic E-state index is 12.7. The van der Waals surface area contributed by atoms with Crippen molar-refractivity contribution in [2.24, 2.45) is 5.41 Å². The van der Waals surface area contributed by atoms with Gasteiger partial charge in [-0.15, -0.1) is 24.8 Å². The Balaban J connectivity index is 0.00000113. The molecule has 1 aromatic heterocycles. The molecule has 2 aliphatic rings. The van der Waals surface area contributed by atoms with E-state index in [1.165, 1.54) is 6.42 Å². The molecule has 0 aliphatic carbocycles. The van der Waals surface area contributed by atoms with Crippen molar-refractivity contribution in [3.8, 4) is 0 Å². The van der Waals surface area contributed by atoms with Crippen LogP contribution < -0.4 is 5.32 Å². The summed E-state index contributed by atoms with van der Waals surface area (Å²) in [5.74, 6) is 0.0349. The van der Waals surface area contributed by atoms with E-state index in [-0.39, 0.29) is 30.7 Å². The number of nitrogens with zero attached hydrogens (tertiary/aromatic N) is 2. The number of likely N-dealkylation sites (tertiary alicyclic amines) is 1. The molecule has 7 heteroatoms. The number of fused-ring (bicyclic) bond motifs is 1. The SMILES string of the molecule is Cl.Cl.O=C(c1ccc2ccc(Cl)cc2n1)N1CCC2(CCNC2)CC1. The van der Waals surface area contributed by atoms with E-state index in [1.807, 2.05) is 35.2 Å². The number of aromatic nitrogens is 1. The second-order valence-corrected chi connectivity index (χ2v) is 7.19. The van der Waals surface area contributed by atoms with Gasteiger partial charge in [-0.25, -0.2) is 4.98 Å². The summed E-state index contributed by atoms with van der Waals surface area (Å²) in [4.78, 5) is 19.2. The van der Waals surface area contributed by atoms with Crippen LogP contribution in [0.3, 0.4) is 0 Å². The van der Waals surface area contributed by atoms with E-state index in [2.05, 4.69) is 10.3 Å². The van der Waals surface area contributed by atoms with Gasteiger partial charge in [0.15, 0.2) is 0 Å². The van der Waals surface area contributed by atoms with Crippen LogP contribution in [-0.2, 0) is 0 Å². The third kappa shape index (κ3) is 4.03. The molecule has 2 aromatic rings. The second kappa shape index (κ2) is 8.09. The van der Waals surface area contributed by atoms with Crippen molar-refractivity contribution in [1.29, 1.82) is 0 Å². The van der Waals surface area contributed by atoms with Gasteiger partial charge in [-0.05, 0) is 49.4 Å². The van der Waals surface area contributed by atoms with Crippen molar-refractivity contribution in [3.05, 3.63) is 41.0 Å². The Hall–Kier alpha value is -1.07. The fourth-order valence-corrected chi connectivity index (χ4v) is 3.94. The van der Waals surface area contributed by atoms with Gasteiger partial charge in [0.1, 0.15) is 5.69 Å². The Kier molecular flexibility index (Phi) is 6.55. The van der Waals surface area contributed by atoms with E-state index >= 15 is 0 Å². The van der Waals surface area contributed by atoms with E-state index in [4.69, 9.17) is 11.6 Å². The molecule has 1 N–H and O–H groups in total. The summed E-state index contributed by atoms with van der Waals surface area (Å²) in [5.41, 5.74) is 1.71. The highest BCUT2D eigenvalue weighted by Crippen LogP contribution is 2.37. The van der Waals surface area contributed by atoms with Crippen LogP contribution in [0.1, 0.15) is 29.8 Å². The monoisotopic (exact) mass is 401 g/mol. The molecule has 0 atom stereocenters. The molecule has 1 spiro atoms. The number of amides is 1. The minimum Gasteiger partial charge on any atom is -0.337 e. The lowest BCUT2D eigenvalue weighted by Crippen LogP contribution is -2.44. The average Bonchev–Trinajstić information content (AvgIpc) is 3.02. The topological polar surface area (TPSA) is 45.2 Å². The third-order valence-corrected chi connectivity index (χ3v) is 5.55. The minimum absolute atomic E-state index is 0. The Morgan fingerprint density at radius 3 is 2.52 bits per heavy atom. The number of hydrogen-bond acceptors (Lipinski definition) is 3. The molecule has 3 heterocycles. The summed E-state index contributed by atoms with van der Waals surface area (Å²) in [7, 11) is 0. The van der Waals surface area contributed by atoms with Gasteiger partial charge in [-0.1, -0.05) is 23.7 Å². The minimum atomic E-state index is 0. The molecule has 0 unspecified atom stereocenters. The van der Waals surface area contributed by atoms with Gasteiger partial charge in [-0.2, -0.15) is 0 Å². The molecular formula is C18H22Cl3N3O. The lowest BCUT2D eigenvalue weighted by molar-refractivity contribution is 0.0602. The van der Waals surface area contributed by atoms with Crippen LogP contribution >= 0.6 is 36.4 Å².